The number of hydrogen-bond acceptors (Lipinski definition) is 4. The number of carbonyl (C=O) groups is 2. The van der Waals surface area contributed by atoms with Crippen molar-refractivity contribution in [1.82, 2.24) is 14.7 Å². The molecule has 130 valence electrons. The second-order valence-electron chi connectivity index (χ2n) is 6.47. The topological polar surface area (TPSA) is 43.9 Å². The molecule has 2 aliphatic rings. The fourth-order valence-corrected chi connectivity index (χ4v) is 4.09. The minimum atomic E-state index is 0.0832. The lowest BCUT2D eigenvalue weighted by Crippen LogP contribution is -2.47. The van der Waals surface area contributed by atoms with Gasteiger partial charge in [-0.15, -0.1) is 11.8 Å². The summed E-state index contributed by atoms with van der Waals surface area (Å²) >= 11 is 1.49. The van der Waals surface area contributed by atoms with Crippen LogP contribution in [0.4, 0.5) is 0 Å². The van der Waals surface area contributed by atoms with Crippen LogP contribution in [0.3, 0.4) is 0 Å². The molecule has 2 amide bonds. The number of likely N-dealkylation sites (N-methyl/N-ethyl adjacent to an activating group) is 1. The van der Waals surface area contributed by atoms with E-state index in [2.05, 4.69) is 11.9 Å². The molecule has 0 aromatic heterocycles. The molecule has 0 N–H and O–H groups in total. The van der Waals surface area contributed by atoms with Crippen molar-refractivity contribution in [3.05, 3.63) is 29.8 Å². The molecule has 2 heterocycles. The Bertz CT molecular complexity index is 594. The third kappa shape index (κ3) is 4.11. The highest BCUT2D eigenvalue weighted by atomic mass is 32.2. The molecule has 0 saturated carbocycles. The largest absolute Gasteiger partial charge is 0.342 e. The third-order valence-electron chi connectivity index (χ3n) is 4.72. The molecule has 5 nitrogen and oxygen atoms in total. The molecule has 2 fully saturated rings. The van der Waals surface area contributed by atoms with Crippen molar-refractivity contribution in [3.8, 4) is 0 Å². The lowest BCUT2D eigenvalue weighted by atomic mass is 10.2. The van der Waals surface area contributed by atoms with E-state index in [9.17, 15) is 9.59 Å². The predicted molar refractivity (Wildman–Crippen MR) is 96.4 cm³/mol. The number of hydrogen-bond donors (Lipinski definition) is 0. The number of benzene rings is 1. The fraction of sp³-hybridized carbons (Fsp3) is 0.556. The van der Waals surface area contributed by atoms with E-state index in [1.54, 1.807) is 0 Å². The zero-order valence-corrected chi connectivity index (χ0v) is 15.1. The zero-order valence-electron chi connectivity index (χ0n) is 14.2. The van der Waals surface area contributed by atoms with Gasteiger partial charge in [-0.3, -0.25) is 9.59 Å². The molecule has 0 bridgehead atoms. The van der Waals surface area contributed by atoms with Crippen LogP contribution in [0, 0.1) is 0 Å². The van der Waals surface area contributed by atoms with E-state index in [-0.39, 0.29) is 11.8 Å². The van der Waals surface area contributed by atoms with Gasteiger partial charge in [0.2, 0.25) is 5.91 Å². The molecule has 0 atom stereocenters. The van der Waals surface area contributed by atoms with Crippen LogP contribution < -0.4 is 0 Å². The van der Waals surface area contributed by atoms with Crippen LogP contribution in [0.25, 0.3) is 0 Å². The molecule has 1 aromatic rings. The number of carbonyl (C=O) groups excluding carboxylic acids is 2. The molecule has 0 radical (unpaired) electrons. The van der Waals surface area contributed by atoms with Gasteiger partial charge in [-0.05, 0) is 32.0 Å². The van der Waals surface area contributed by atoms with Crippen molar-refractivity contribution < 1.29 is 9.59 Å². The molecule has 2 saturated heterocycles. The Hall–Kier alpha value is -1.53. The van der Waals surface area contributed by atoms with E-state index < -0.39 is 0 Å². The minimum absolute atomic E-state index is 0.0832. The molecule has 3 rings (SSSR count). The number of piperazine rings is 1. The number of thioether (sulfide) groups is 1. The monoisotopic (exact) mass is 347 g/mol. The normalized spacial score (nSPS) is 18.9. The second kappa shape index (κ2) is 8.03. The first-order chi connectivity index (χ1) is 11.6. The number of nitrogens with zero attached hydrogens (tertiary/aromatic N) is 3. The van der Waals surface area contributed by atoms with Gasteiger partial charge >= 0.3 is 0 Å². The lowest BCUT2D eigenvalue weighted by Gasteiger charge is -2.32. The second-order valence-corrected chi connectivity index (χ2v) is 7.49. The van der Waals surface area contributed by atoms with E-state index >= 15 is 0 Å². The van der Waals surface area contributed by atoms with Gasteiger partial charge in [0.15, 0.2) is 0 Å². The molecular weight excluding hydrogens is 322 g/mol. The van der Waals surface area contributed by atoms with Crippen LogP contribution in [-0.4, -0.2) is 78.6 Å². The van der Waals surface area contributed by atoms with Gasteiger partial charge in [0, 0.05) is 44.2 Å². The molecule has 2 aliphatic heterocycles. The summed E-state index contributed by atoms with van der Waals surface area (Å²) < 4.78 is 0. The van der Waals surface area contributed by atoms with Gasteiger partial charge in [-0.1, -0.05) is 12.1 Å². The van der Waals surface area contributed by atoms with Gasteiger partial charge in [0.05, 0.1) is 11.3 Å². The van der Waals surface area contributed by atoms with Crippen LogP contribution >= 0.6 is 11.8 Å². The van der Waals surface area contributed by atoms with E-state index in [1.807, 2.05) is 34.1 Å². The fourth-order valence-electron chi connectivity index (χ4n) is 3.15. The Labute approximate surface area is 148 Å². The molecule has 1 aromatic carbocycles. The van der Waals surface area contributed by atoms with Crippen LogP contribution in [0.2, 0.25) is 0 Å². The van der Waals surface area contributed by atoms with Crippen LogP contribution in [-0.2, 0) is 4.79 Å². The van der Waals surface area contributed by atoms with Crippen molar-refractivity contribution in [2.75, 3.05) is 52.1 Å². The third-order valence-corrected chi connectivity index (χ3v) is 5.78. The summed E-state index contributed by atoms with van der Waals surface area (Å²) in [4.78, 5) is 32.1. The Balaban J connectivity index is 1.64. The van der Waals surface area contributed by atoms with Crippen LogP contribution in [0.15, 0.2) is 29.2 Å². The summed E-state index contributed by atoms with van der Waals surface area (Å²) in [5.41, 5.74) is 0.723. The van der Waals surface area contributed by atoms with Crippen molar-refractivity contribution in [2.24, 2.45) is 0 Å². The van der Waals surface area contributed by atoms with Crippen LogP contribution in [0.1, 0.15) is 23.2 Å². The molecule has 0 aliphatic carbocycles. The first kappa shape index (κ1) is 17.3. The van der Waals surface area contributed by atoms with Crippen LogP contribution in [0.5, 0.6) is 0 Å². The van der Waals surface area contributed by atoms with E-state index in [4.69, 9.17) is 0 Å². The summed E-state index contributed by atoms with van der Waals surface area (Å²) in [5, 5.41) is 0. The summed E-state index contributed by atoms with van der Waals surface area (Å²) in [5.74, 6) is 0.673. The number of amides is 2. The predicted octanol–water partition coefficient (Wildman–Crippen LogP) is 1.79. The number of likely N-dealkylation sites (tertiary alicyclic amines) is 1. The van der Waals surface area contributed by atoms with Gasteiger partial charge < -0.3 is 14.7 Å². The molecule has 0 spiro atoms. The summed E-state index contributed by atoms with van der Waals surface area (Å²) in [6.45, 7) is 5.10. The zero-order chi connectivity index (χ0) is 16.9. The maximum atomic E-state index is 12.8. The summed E-state index contributed by atoms with van der Waals surface area (Å²) in [6, 6.07) is 7.66. The van der Waals surface area contributed by atoms with E-state index in [0.29, 0.717) is 5.75 Å². The van der Waals surface area contributed by atoms with Crippen molar-refractivity contribution in [1.29, 1.82) is 0 Å². The minimum Gasteiger partial charge on any atom is -0.342 e. The highest BCUT2D eigenvalue weighted by Gasteiger charge is 2.23. The van der Waals surface area contributed by atoms with Crippen molar-refractivity contribution in [3.63, 3.8) is 0 Å². The maximum Gasteiger partial charge on any atom is 0.255 e. The Morgan fingerprint density at radius 3 is 2.33 bits per heavy atom. The van der Waals surface area contributed by atoms with Gasteiger partial charge in [-0.25, -0.2) is 0 Å². The van der Waals surface area contributed by atoms with Gasteiger partial charge in [-0.2, -0.15) is 0 Å². The Kier molecular flexibility index (Phi) is 5.79. The summed E-state index contributed by atoms with van der Waals surface area (Å²) in [7, 11) is 2.08. The first-order valence-electron chi connectivity index (χ1n) is 8.62. The maximum absolute atomic E-state index is 12.8. The molecule has 6 heteroatoms. The highest BCUT2D eigenvalue weighted by molar-refractivity contribution is 8.00. The smallest absolute Gasteiger partial charge is 0.255 e. The van der Waals surface area contributed by atoms with E-state index in [1.165, 1.54) is 11.8 Å². The lowest BCUT2D eigenvalue weighted by molar-refractivity contribution is -0.127. The highest BCUT2D eigenvalue weighted by Crippen LogP contribution is 2.25. The van der Waals surface area contributed by atoms with Gasteiger partial charge in [0.25, 0.3) is 5.91 Å². The SMILES string of the molecule is CN1CCN(C(=O)c2ccccc2SCC(=O)N2CCCC2)CC1. The molecule has 24 heavy (non-hydrogen) atoms. The Morgan fingerprint density at radius 2 is 1.62 bits per heavy atom. The standard InChI is InChI=1S/C18H25N3O2S/c1-19-10-12-21(13-11-19)18(23)15-6-2-3-7-16(15)24-14-17(22)20-8-4-5-9-20/h2-3,6-7H,4-5,8-14H2,1H3. The first-order valence-corrected chi connectivity index (χ1v) is 9.61. The van der Waals surface area contributed by atoms with Gasteiger partial charge in [0.1, 0.15) is 0 Å². The van der Waals surface area contributed by atoms with Crippen molar-refractivity contribution in [2.45, 2.75) is 17.7 Å². The molecular formula is C18H25N3O2S. The quantitative estimate of drug-likeness (QED) is 0.779. The average molecular weight is 347 g/mol. The summed E-state index contributed by atoms with van der Waals surface area (Å²) in [6.07, 6.45) is 2.21. The molecule has 0 unspecified atom stereocenters. The Morgan fingerprint density at radius 1 is 0.958 bits per heavy atom. The van der Waals surface area contributed by atoms with Crippen molar-refractivity contribution >= 4 is 23.6 Å². The number of rotatable bonds is 4. The van der Waals surface area contributed by atoms with E-state index in [0.717, 1.165) is 62.6 Å². The average Bonchev–Trinajstić information content (AvgIpc) is 3.15.